The maximum Gasteiger partial charge on any atom is 0.231 e. The molecule has 1 aromatic heterocycles. The zero-order valence-corrected chi connectivity index (χ0v) is 16.7. The van der Waals surface area contributed by atoms with Crippen LogP contribution in [0.1, 0.15) is 23.9 Å². The second kappa shape index (κ2) is 8.77. The predicted molar refractivity (Wildman–Crippen MR) is 104 cm³/mol. The first-order chi connectivity index (χ1) is 13.0. The van der Waals surface area contributed by atoms with Gasteiger partial charge in [-0.25, -0.2) is 0 Å². The van der Waals surface area contributed by atoms with Crippen molar-refractivity contribution in [2.45, 2.75) is 25.8 Å². The van der Waals surface area contributed by atoms with Gasteiger partial charge in [-0.05, 0) is 24.6 Å². The summed E-state index contributed by atoms with van der Waals surface area (Å²) in [7, 11) is 1.60. The van der Waals surface area contributed by atoms with Crippen molar-refractivity contribution in [1.82, 2.24) is 15.1 Å². The minimum absolute atomic E-state index is 0.0274. The number of methoxy groups -OCH3 is 1. The Morgan fingerprint density at radius 1 is 1.41 bits per heavy atom. The standard InChI is InChI=1S/C18H21ClN4O3S/c1-11(10-26-2)23-9-13(8-16(23)24)17(25)20-18-22-21-15(27-18)7-12-3-5-14(19)6-4-12/h3-6,11,13H,7-10H2,1-2H3,(H,20,22,25)/t11-,13-/m1/s1. The molecule has 144 valence electrons. The molecule has 0 aliphatic carbocycles. The fourth-order valence-corrected chi connectivity index (χ4v) is 3.93. The number of ether oxygens (including phenoxy) is 1. The van der Waals surface area contributed by atoms with Crippen molar-refractivity contribution >= 4 is 39.9 Å². The topological polar surface area (TPSA) is 84.4 Å². The Morgan fingerprint density at radius 2 is 2.15 bits per heavy atom. The molecular weight excluding hydrogens is 388 g/mol. The average molecular weight is 409 g/mol. The van der Waals surface area contributed by atoms with Crippen LogP contribution in [0.5, 0.6) is 0 Å². The molecule has 27 heavy (non-hydrogen) atoms. The Labute approximate surface area is 166 Å². The molecule has 1 saturated heterocycles. The lowest BCUT2D eigenvalue weighted by Gasteiger charge is -2.23. The maximum absolute atomic E-state index is 12.5. The van der Waals surface area contributed by atoms with E-state index in [-0.39, 0.29) is 30.2 Å². The summed E-state index contributed by atoms with van der Waals surface area (Å²) >= 11 is 7.22. The quantitative estimate of drug-likeness (QED) is 0.761. The van der Waals surface area contributed by atoms with Gasteiger partial charge >= 0.3 is 0 Å². The number of anilines is 1. The van der Waals surface area contributed by atoms with Gasteiger partial charge in [-0.2, -0.15) is 0 Å². The normalized spacial score (nSPS) is 18.0. The molecule has 3 rings (SSSR count). The highest BCUT2D eigenvalue weighted by Crippen LogP contribution is 2.24. The van der Waals surface area contributed by atoms with Crippen LogP contribution in [0.4, 0.5) is 5.13 Å². The van der Waals surface area contributed by atoms with Crippen molar-refractivity contribution in [1.29, 1.82) is 0 Å². The minimum atomic E-state index is -0.388. The smallest absolute Gasteiger partial charge is 0.231 e. The van der Waals surface area contributed by atoms with Gasteiger partial charge in [0.1, 0.15) is 5.01 Å². The average Bonchev–Trinajstić information content (AvgIpc) is 3.23. The molecule has 0 saturated carbocycles. The summed E-state index contributed by atoms with van der Waals surface area (Å²) in [6.07, 6.45) is 0.825. The number of aromatic nitrogens is 2. The number of carbonyl (C=O) groups excluding carboxylic acids is 2. The van der Waals surface area contributed by atoms with Crippen molar-refractivity contribution in [3.63, 3.8) is 0 Å². The third-order valence-corrected chi connectivity index (χ3v) is 5.53. The number of carbonyl (C=O) groups is 2. The first-order valence-corrected chi connectivity index (χ1v) is 9.81. The van der Waals surface area contributed by atoms with Crippen LogP contribution in [0, 0.1) is 5.92 Å². The van der Waals surface area contributed by atoms with Crippen molar-refractivity contribution in [3.8, 4) is 0 Å². The van der Waals surface area contributed by atoms with Gasteiger partial charge in [0.2, 0.25) is 16.9 Å². The number of benzene rings is 1. The Hall–Kier alpha value is -2.03. The zero-order valence-electron chi connectivity index (χ0n) is 15.1. The van der Waals surface area contributed by atoms with Crippen LogP contribution in [0.3, 0.4) is 0 Å². The van der Waals surface area contributed by atoms with Gasteiger partial charge < -0.3 is 15.0 Å². The molecule has 1 aliphatic heterocycles. The van der Waals surface area contributed by atoms with Crippen LogP contribution in [-0.2, 0) is 20.7 Å². The molecule has 1 aliphatic rings. The fourth-order valence-electron chi connectivity index (χ4n) is 3.02. The summed E-state index contributed by atoms with van der Waals surface area (Å²) in [5.41, 5.74) is 1.07. The zero-order chi connectivity index (χ0) is 19.4. The highest BCUT2D eigenvalue weighted by molar-refractivity contribution is 7.15. The Morgan fingerprint density at radius 3 is 2.85 bits per heavy atom. The Bertz CT molecular complexity index is 811. The highest BCUT2D eigenvalue weighted by Gasteiger charge is 2.36. The molecule has 1 N–H and O–H groups in total. The number of rotatable bonds is 7. The molecule has 9 heteroatoms. The third-order valence-electron chi connectivity index (χ3n) is 4.43. The molecule has 2 atom stereocenters. The van der Waals surface area contributed by atoms with Gasteiger partial charge in [-0.1, -0.05) is 35.1 Å². The number of amides is 2. The minimum Gasteiger partial charge on any atom is -0.383 e. The van der Waals surface area contributed by atoms with E-state index >= 15 is 0 Å². The molecule has 0 bridgehead atoms. The third kappa shape index (κ3) is 5.03. The molecule has 1 fully saturated rings. The highest BCUT2D eigenvalue weighted by atomic mass is 35.5. The van der Waals surface area contributed by atoms with Crippen LogP contribution in [0.15, 0.2) is 24.3 Å². The lowest BCUT2D eigenvalue weighted by molar-refractivity contribution is -0.130. The summed E-state index contributed by atoms with van der Waals surface area (Å²) in [5, 5.41) is 12.9. The van der Waals surface area contributed by atoms with Crippen LogP contribution in [-0.4, -0.2) is 53.2 Å². The first-order valence-electron chi connectivity index (χ1n) is 8.62. The number of likely N-dealkylation sites (tertiary alicyclic amines) is 1. The van der Waals surface area contributed by atoms with Gasteiger partial charge in [-0.3, -0.25) is 9.59 Å². The van der Waals surface area contributed by atoms with E-state index in [2.05, 4.69) is 15.5 Å². The summed E-state index contributed by atoms with van der Waals surface area (Å²) in [6, 6.07) is 7.47. The van der Waals surface area contributed by atoms with Gasteiger partial charge in [0, 0.05) is 31.5 Å². The number of nitrogens with one attached hydrogen (secondary N) is 1. The molecule has 1 aromatic carbocycles. The summed E-state index contributed by atoms with van der Waals surface area (Å²) in [5.74, 6) is -0.620. The second-order valence-corrected chi connectivity index (χ2v) is 8.04. The van der Waals surface area contributed by atoms with Crippen molar-refractivity contribution in [2.75, 3.05) is 25.6 Å². The molecular formula is C18H21ClN4O3S. The molecule has 0 spiro atoms. The molecule has 2 aromatic rings. The van der Waals surface area contributed by atoms with Gasteiger partial charge in [-0.15, -0.1) is 10.2 Å². The lowest BCUT2D eigenvalue weighted by atomic mass is 10.1. The first kappa shape index (κ1) is 19.7. The van der Waals surface area contributed by atoms with Gasteiger partial charge in [0.25, 0.3) is 0 Å². The molecule has 2 heterocycles. The van der Waals surface area contributed by atoms with E-state index in [0.29, 0.717) is 29.7 Å². The van der Waals surface area contributed by atoms with Gasteiger partial charge in [0.05, 0.1) is 18.6 Å². The van der Waals surface area contributed by atoms with Crippen LogP contribution >= 0.6 is 22.9 Å². The van der Waals surface area contributed by atoms with E-state index in [4.69, 9.17) is 16.3 Å². The largest absolute Gasteiger partial charge is 0.383 e. The summed E-state index contributed by atoms with van der Waals surface area (Å²) in [6.45, 7) is 2.76. The molecule has 0 radical (unpaired) electrons. The second-order valence-electron chi connectivity index (χ2n) is 6.54. The molecule has 2 amide bonds. The predicted octanol–water partition coefficient (Wildman–Crippen LogP) is 2.60. The van der Waals surface area contributed by atoms with E-state index in [1.54, 1.807) is 12.0 Å². The molecule has 0 unspecified atom stereocenters. The number of hydrogen-bond donors (Lipinski definition) is 1. The number of hydrogen-bond acceptors (Lipinski definition) is 6. The van der Waals surface area contributed by atoms with Crippen LogP contribution in [0.25, 0.3) is 0 Å². The number of halogens is 1. The lowest BCUT2D eigenvalue weighted by Crippen LogP contribution is -2.38. The van der Waals surface area contributed by atoms with Crippen molar-refractivity contribution < 1.29 is 14.3 Å². The fraction of sp³-hybridized carbons (Fsp3) is 0.444. The summed E-state index contributed by atoms with van der Waals surface area (Å²) in [4.78, 5) is 26.3. The van der Waals surface area contributed by atoms with Crippen LogP contribution in [0.2, 0.25) is 5.02 Å². The summed E-state index contributed by atoms with van der Waals surface area (Å²) < 4.78 is 5.10. The van der Waals surface area contributed by atoms with Gasteiger partial charge in [0.15, 0.2) is 0 Å². The van der Waals surface area contributed by atoms with E-state index in [9.17, 15) is 9.59 Å². The van der Waals surface area contributed by atoms with Crippen LogP contribution < -0.4 is 5.32 Å². The van der Waals surface area contributed by atoms with E-state index in [1.165, 1.54) is 11.3 Å². The van der Waals surface area contributed by atoms with E-state index < -0.39 is 0 Å². The molecule has 7 nitrogen and oxygen atoms in total. The maximum atomic E-state index is 12.5. The van der Waals surface area contributed by atoms with Crippen molar-refractivity contribution in [2.24, 2.45) is 5.92 Å². The van der Waals surface area contributed by atoms with E-state index in [1.807, 2.05) is 31.2 Å². The van der Waals surface area contributed by atoms with Crippen molar-refractivity contribution in [3.05, 3.63) is 39.9 Å². The van der Waals surface area contributed by atoms with E-state index in [0.717, 1.165) is 10.6 Å². The Kier molecular flexibility index (Phi) is 6.41. The monoisotopic (exact) mass is 408 g/mol. The SMILES string of the molecule is COC[C@@H](C)N1C[C@H](C(=O)Nc2nnc(Cc3ccc(Cl)cc3)s2)CC1=O. The Balaban J connectivity index is 1.56. The number of nitrogens with zero attached hydrogens (tertiary/aromatic N) is 3.